The van der Waals surface area contributed by atoms with Crippen molar-refractivity contribution in [3.63, 3.8) is 0 Å². The molecule has 0 aliphatic heterocycles. The van der Waals surface area contributed by atoms with Crippen LogP contribution in [-0.4, -0.2) is 22.0 Å². The van der Waals surface area contributed by atoms with Crippen molar-refractivity contribution in [2.75, 3.05) is 6.54 Å². The third kappa shape index (κ3) is 4.05. The topological polar surface area (TPSA) is 64.0 Å². The molecule has 1 amide bonds. The van der Waals surface area contributed by atoms with E-state index in [-0.39, 0.29) is 18.0 Å². The van der Waals surface area contributed by atoms with Crippen molar-refractivity contribution in [3.8, 4) is 0 Å². The van der Waals surface area contributed by atoms with Gasteiger partial charge in [-0.1, -0.05) is 30.3 Å². The van der Waals surface area contributed by atoms with Crippen LogP contribution in [0.15, 0.2) is 47.5 Å². The van der Waals surface area contributed by atoms with E-state index in [1.54, 1.807) is 6.92 Å². The second kappa shape index (κ2) is 6.65. The van der Waals surface area contributed by atoms with Crippen LogP contribution >= 0.6 is 0 Å². The maximum atomic E-state index is 11.7. The normalized spacial score (nSPS) is 10.2. The van der Waals surface area contributed by atoms with E-state index in [0.29, 0.717) is 12.2 Å². The van der Waals surface area contributed by atoms with Gasteiger partial charge < -0.3 is 5.32 Å². The predicted octanol–water partition coefficient (Wildman–Crippen LogP) is 0.911. The highest BCUT2D eigenvalue weighted by Gasteiger charge is 2.04. The highest BCUT2D eigenvalue weighted by molar-refractivity contribution is 5.75. The Hall–Kier alpha value is -2.43. The number of aromatic nitrogens is 2. The van der Waals surface area contributed by atoms with Crippen LogP contribution < -0.4 is 10.9 Å². The Labute approximate surface area is 117 Å². The fourth-order valence-electron chi connectivity index (χ4n) is 1.84. The number of hydrogen-bond donors (Lipinski definition) is 1. The number of nitrogens with one attached hydrogen (secondary N) is 1. The Morgan fingerprint density at radius 1 is 1.30 bits per heavy atom. The van der Waals surface area contributed by atoms with Gasteiger partial charge in [-0.2, -0.15) is 0 Å². The van der Waals surface area contributed by atoms with Crippen molar-refractivity contribution in [3.05, 3.63) is 64.3 Å². The summed E-state index contributed by atoms with van der Waals surface area (Å²) in [6.07, 6.45) is 2.17. The highest BCUT2D eigenvalue weighted by Crippen LogP contribution is 1.98. The summed E-state index contributed by atoms with van der Waals surface area (Å²) in [5, 5.41) is 2.80. The molecule has 2 aromatic rings. The van der Waals surface area contributed by atoms with Gasteiger partial charge in [0.2, 0.25) is 5.91 Å². The molecule has 5 nitrogen and oxygen atoms in total. The number of carbonyl (C=O) groups excluding carboxylic acids is 1. The summed E-state index contributed by atoms with van der Waals surface area (Å²) in [6.45, 7) is 2.30. The summed E-state index contributed by atoms with van der Waals surface area (Å²) in [4.78, 5) is 27.4. The van der Waals surface area contributed by atoms with Crippen molar-refractivity contribution in [2.24, 2.45) is 0 Å². The van der Waals surface area contributed by atoms with Gasteiger partial charge >= 0.3 is 0 Å². The molecule has 2 rings (SSSR count). The van der Waals surface area contributed by atoms with Crippen LogP contribution in [0.3, 0.4) is 0 Å². The van der Waals surface area contributed by atoms with Crippen molar-refractivity contribution in [2.45, 2.75) is 19.9 Å². The third-order valence-corrected chi connectivity index (χ3v) is 2.91. The second-order valence-electron chi connectivity index (χ2n) is 4.58. The number of rotatable bonds is 5. The molecule has 0 unspecified atom stereocenters. The fourth-order valence-corrected chi connectivity index (χ4v) is 1.84. The summed E-state index contributed by atoms with van der Waals surface area (Å²) in [5.74, 6) is -0.186. The Morgan fingerprint density at radius 2 is 2.05 bits per heavy atom. The lowest BCUT2D eigenvalue weighted by molar-refractivity contribution is -0.121. The van der Waals surface area contributed by atoms with Crippen LogP contribution in [0.4, 0.5) is 0 Å². The molecule has 0 fully saturated rings. The zero-order valence-corrected chi connectivity index (χ0v) is 11.4. The molecular formula is C15H17N3O2. The van der Waals surface area contributed by atoms with Gasteiger partial charge in [0.15, 0.2) is 0 Å². The first-order chi connectivity index (χ1) is 9.65. The third-order valence-electron chi connectivity index (χ3n) is 2.91. The van der Waals surface area contributed by atoms with Gasteiger partial charge in [-0.25, -0.2) is 4.98 Å². The molecule has 1 N–H and O–H groups in total. The van der Waals surface area contributed by atoms with Crippen LogP contribution in [0.2, 0.25) is 0 Å². The molecule has 1 heterocycles. The first-order valence-electron chi connectivity index (χ1n) is 6.49. The Morgan fingerprint density at radius 3 is 2.75 bits per heavy atom. The SMILES string of the molecule is Cc1cc(=O)n(CC(=O)NCCc2ccccc2)cn1. The van der Waals surface area contributed by atoms with Crippen LogP contribution in [0.5, 0.6) is 0 Å². The molecule has 1 aromatic heterocycles. The van der Waals surface area contributed by atoms with E-state index >= 15 is 0 Å². The van der Waals surface area contributed by atoms with Gasteiger partial charge in [0, 0.05) is 18.3 Å². The summed E-state index contributed by atoms with van der Waals surface area (Å²) in [5.41, 5.74) is 1.61. The molecule has 0 spiro atoms. The van der Waals surface area contributed by atoms with Gasteiger partial charge in [0.25, 0.3) is 5.56 Å². The zero-order valence-electron chi connectivity index (χ0n) is 11.4. The Kier molecular flexibility index (Phi) is 4.65. The Bertz CT molecular complexity index is 635. The van der Waals surface area contributed by atoms with Crippen molar-refractivity contribution < 1.29 is 4.79 Å². The van der Waals surface area contributed by atoms with E-state index in [2.05, 4.69) is 10.3 Å². The molecule has 0 aliphatic carbocycles. The molecule has 0 aliphatic rings. The van der Waals surface area contributed by atoms with Gasteiger partial charge in [0.05, 0.1) is 6.33 Å². The minimum atomic E-state index is -0.212. The van der Waals surface area contributed by atoms with E-state index in [0.717, 1.165) is 6.42 Å². The van der Waals surface area contributed by atoms with Crippen molar-refractivity contribution in [1.29, 1.82) is 0 Å². The molecular weight excluding hydrogens is 254 g/mol. The van der Waals surface area contributed by atoms with Crippen LogP contribution in [-0.2, 0) is 17.8 Å². The molecule has 0 bridgehead atoms. The number of amides is 1. The Balaban J connectivity index is 1.82. The van der Waals surface area contributed by atoms with Crippen LogP contribution in [0.25, 0.3) is 0 Å². The number of aryl methyl sites for hydroxylation is 1. The van der Waals surface area contributed by atoms with E-state index < -0.39 is 0 Å². The first kappa shape index (κ1) is 14.0. The lowest BCUT2D eigenvalue weighted by atomic mass is 10.1. The summed E-state index contributed by atoms with van der Waals surface area (Å²) in [6, 6.07) is 11.3. The monoisotopic (exact) mass is 271 g/mol. The van der Waals surface area contributed by atoms with Gasteiger partial charge in [-0.3, -0.25) is 14.2 Å². The van der Waals surface area contributed by atoms with Gasteiger partial charge in [0.1, 0.15) is 6.54 Å². The molecule has 104 valence electrons. The number of nitrogens with zero attached hydrogens (tertiary/aromatic N) is 2. The smallest absolute Gasteiger partial charge is 0.253 e. The van der Waals surface area contributed by atoms with E-state index in [1.807, 2.05) is 30.3 Å². The second-order valence-corrected chi connectivity index (χ2v) is 4.58. The largest absolute Gasteiger partial charge is 0.354 e. The summed E-state index contributed by atoms with van der Waals surface area (Å²) < 4.78 is 1.30. The number of hydrogen-bond acceptors (Lipinski definition) is 3. The number of carbonyl (C=O) groups is 1. The van der Waals surface area contributed by atoms with Crippen molar-refractivity contribution in [1.82, 2.24) is 14.9 Å². The lowest BCUT2D eigenvalue weighted by Gasteiger charge is -2.07. The minimum absolute atomic E-state index is 0.000896. The molecule has 5 heteroatoms. The molecule has 0 saturated carbocycles. The van der Waals surface area contributed by atoms with Crippen LogP contribution in [0, 0.1) is 6.92 Å². The number of benzene rings is 1. The average molecular weight is 271 g/mol. The highest BCUT2D eigenvalue weighted by atomic mass is 16.2. The molecule has 20 heavy (non-hydrogen) atoms. The molecule has 0 atom stereocenters. The standard InChI is InChI=1S/C15H17N3O2/c1-12-9-15(20)18(11-17-12)10-14(19)16-8-7-13-5-3-2-4-6-13/h2-6,9,11H,7-8,10H2,1H3,(H,16,19). The first-order valence-corrected chi connectivity index (χ1v) is 6.49. The zero-order chi connectivity index (χ0) is 14.4. The average Bonchev–Trinajstić information content (AvgIpc) is 2.43. The molecule has 0 radical (unpaired) electrons. The molecule has 0 saturated heterocycles. The maximum Gasteiger partial charge on any atom is 0.253 e. The quantitative estimate of drug-likeness (QED) is 0.879. The maximum absolute atomic E-state index is 11.7. The molecule has 1 aromatic carbocycles. The summed E-state index contributed by atoms with van der Waals surface area (Å²) >= 11 is 0. The van der Waals surface area contributed by atoms with Crippen molar-refractivity contribution >= 4 is 5.91 Å². The van der Waals surface area contributed by atoms with E-state index in [4.69, 9.17) is 0 Å². The lowest BCUT2D eigenvalue weighted by Crippen LogP contribution is -2.33. The van der Waals surface area contributed by atoms with Gasteiger partial charge in [-0.15, -0.1) is 0 Å². The van der Waals surface area contributed by atoms with Crippen LogP contribution in [0.1, 0.15) is 11.3 Å². The minimum Gasteiger partial charge on any atom is -0.354 e. The van der Waals surface area contributed by atoms with Gasteiger partial charge in [-0.05, 0) is 18.9 Å². The van der Waals surface area contributed by atoms with E-state index in [9.17, 15) is 9.59 Å². The fraction of sp³-hybridized carbons (Fsp3) is 0.267. The predicted molar refractivity (Wildman–Crippen MR) is 76.4 cm³/mol. The van der Waals surface area contributed by atoms with E-state index in [1.165, 1.54) is 22.5 Å². The summed E-state index contributed by atoms with van der Waals surface area (Å²) in [7, 11) is 0.